The summed E-state index contributed by atoms with van der Waals surface area (Å²) < 4.78 is 53.6. The molecule has 0 saturated carbocycles. The van der Waals surface area contributed by atoms with E-state index in [1.165, 1.54) is 13.8 Å². The molecular weight excluding hydrogens is 391 g/mol. The van der Waals surface area contributed by atoms with Crippen LogP contribution in [-0.4, -0.2) is 36.1 Å². The van der Waals surface area contributed by atoms with Crippen LogP contribution in [0.1, 0.15) is 62.5 Å². The van der Waals surface area contributed by atoms with Gasteiger partial charge in [-0.2, -0.15) is 0 Å². The number of nitrogens with one attached hydrogen (secondary N) is 1. The summed E-state index contributed by atoms with van der Waals surface area (Å²) in [6.45, 7) is 8.63. The summed E-state index contributed by atoms with van der Waals surface area (Å²) in [5, 5.41) is 2.12. The third-order valence-electron chi connectivity index (χ3n) is 3.85. The molecule has 0 bridgehead atoms. The fourth-order valence-corrected chi connectivity index (χ4v) is 2.55. The Morgan fingerprint density at radius 2 is 1.76 bits per heavy atom. The standard InChI is InChI=1S/C20H26F3NO5/c1-7-28-17(26)13-8-11(2)14(9-15(13)21)20(22,23)10-16(12(3)25)24-18(27)29-19(4,5)6/h8-9,16H,7,10H2,1-6H3,(H,24,27). The first-order valence-corrected chi connectivity index (χ1v) is 9.03. The lowest BCUT2D eigenvalue weighted by molar-refractivity contribution is -0.122. The molecule has 0 saturated heterocycles. The summed E-state index contributed by atoms with van der Waals surface area (Å²) in [5.74, 6) is -6.50. The first-order chi connectivity index (χ1) is 13.2. The van der Waals surface area contributed by atoms with Crippen LogP contribution in [0.5, 0.6) is 0 Å². The van der Waals surface area contributed by atoms with Gasteiger partial charge in [-0.05, 0) is 59.2 Å². The number of alkyl halides is 2. The van der Waals surface area contributed by atoms with Gasteiger partial charge in [0.1, 0.15) is 11.4 Å². The Morgan fingerprint density at radius 3 is 2.24 bits per heavy atom. The topological polar surface area (TPSA) is 81.7 Å². The van der Waals surface area contributed by atoms with Gasteiger partial charge in [0, 0.05) is 12.0 Å². The molecule has 0 aliphatic heterocycles. The highest BCUT2D eigenvalue weighted by Gasteiger charge is 2.39. The molecule has 6 nitrogen and oxygen atoms in total. The van der Waals surface area contributed by atoms with E-state index in [9.17, 15) is 27.6 Å². The zero-order valence-corrected chi connectivity index (χ0v) is 17.3. The number of amides is 1. The van der Waals surface area contributed by atoms with Gasteiger partial charge in [-0.1, -0.05) is 0 Å². The number of hydrogen-bond acceptors (Lipinski definition) is 5. The summed E-state index contributed by atoms with van der Waals surface area (Å²) in [6, 6.07) is -0.0283. The van der Waals surface area contributed by atoms with Crippen molar-refractivity contribution in [3.63, 3.8) is 0 Å². The van der Waals surface area contributed by atoms with Gasteiger partial charge in [-0.15, -0.1) is 0 Å². The molecule has 9 heteroatoms. The van der Waals surface area contributed by atoms with Crippen molar-refractivity contribution >= 4 is 17.8 Å². The van der Waals surface area contributed by atoms with Gasteiger partial charge >= 0.3 is 12.1 Å². The number of ketones is 1. The summed E-state index contributed by atoms with van der Waals surface area (Å²) >= 11 is 0. The first kappa shape index (κ1) is 24.5. The van der Waals surface area contributed by atoms with Crippen LogP contribution in [0.15, 0.2) is 12.1 Å². The minimum absolute atomic E-state index is 0.00581. The lowest BCUT2D eigenvalue weighted by atomic mass is 9.94. The molecule has 0 fully saturated rings. The molecule has 1 unspecified atom stereocenters. The Morgan fingerprint density at radius 1 is 1.17 bits per heavy atom. The quantitative estimate of drug-likeness (QED) is 0.670. The van der Waals surface area contributed by atoms with Crippen molar-refractivity contribution < 1.29 is 37.0 Å². The van der Waals surface area contributed by atoms with Crippen molar-refractivity contribution in [2.75, 3.05) is 6.61 Å². The predicted molar refractivity (Wildman–Crippen MR) is 99.4 cm³/mol. The number of halogens is 3. The van der Waals surface area contributed by atoms with E-state index in [2.05, 4.69) is 5.32 Å². The van der Waals surface area contributed by atoms with Crippen molar-refractivity contribution in [1.29, 1.82) is 0 Å². The number of benzene rings is 1. The molecule has 0 heterocycles. The molecule has 0 aliphatic carbocycles. The molecule has 1 N–H and O–H groups in total. The Balaban J connectivity index is 3.13. The highest BCUT2D eigenvalue weighted by molar-refractivity contribution is 5.90. The second-order valence-electron chi connectivity index (χ2n) is 7.59. The molecule has 162 valence electrons. The van der Waals surface area contributed by atoms with Crippen LogP contribution in [0, 0.1) is 12.7 Å². The average molecular weight is 417 g/mol. The smallest absolute Gasteiger partial charge is 0.408 e. The molecule has 1 aromatic rings. The van der Waals surface area contributed by atoms with E-state index in [1.54, 1.807) is 20.8 Å². The average Bonchev–Trinajstić information content (AvgIpc) is 2.54. The highest BCUT2D eigenvalue weighted by atomic mass is 19.3. The van der Waals surface area contributed by atoms with E-state index in [4.69, 9.17) is 9.47 Å². The molecule has 1 atom stereocenters. The minimum Gasteiger partial charge on any atom is -0.462 e. The predicted octanol–water partition coefficient (Wildman–Crippen LogP) is 4.28. The number of carbonyl (C=O) groups excluding carboxylic acids is 3. The van der Waals surface area contributed by atoms with E-state index in [0.29, 0.717) is 6.07 Å². The van der Waals surface area contributed by atoms with E-state index in [-0.39, 0.29) is 12.2 Å². The molecule has 0 spiro atoms. The van der Waals surface area contributed by atoms with E-state index < -0.39 is 58.8 Å². The van der Waals surface area contributed by atoms with Crippen molar-refractivity contribution in [3.05, 3.63) is 34.6 Å². The third-order valence-corrected chi connectivity index (χ3v) is 3.85. The summed E-state index contributed by atoms with van der Waals surface area (Å²) in [6.07, 6.45) is -2.12. The number of Topliss-reactive ketones (excluding diaryl/α,β-unsaturated/α-hetero) is 1. The van der Waals surface area contributed by atoms with Gasteiger partial charge in [0.05, 0.1) is 18.2 Å². The van der Waals surface area contributed by atoms with Gasteiger partial charge in [-0.25, -0.2) is 22.8 Å². The van der Waals surface area contributed by atoms with Gasteiger partial charge in [-0.3, -0.25) is 4.79 Å². The monoisotopic (exact) mass is 417 g/mol. The van der Waals surface area contributed by atoms with Crippen molar-refractivity contribution in [2.45, 2.75) is 65.5 Å². The Bertz CT molecular complexity index is 787. The molecule has 29 heavy (non-hydrogen) atoms. The fraction of sp³-hybridized carbons (Fsp3) is 0.550. The zero-order chi connectivity index (χ0) is 22.6. The number of rotatable bonds is 7. The van der Waals surface area contributed by atoms with E-state index >= 15 is 0 Å². The Hall–Kier alpha value is -2.58. The number of alkyl carbamates (subject to hydrolysis) is 1. The molecule has 0 aliphatic rings. The van der Waals surface area contributed by atoms with Crippen LogP contribution >= 0.6 is 0 Å². The van der Waals surface area contributed by atoms with Gasteiger partial charge in [0.15, 0.2) is 5.78 Å². The van der Waals surface area contributed by atoms with Gasteiger partial charge < -0.3 is 14.8 Å². The molecule has 0 radical (unpaired) electrons. The molecule has 1 rings (SSSR count). The number of hydrogen-bond donors (Lipinski definition) is 1. The third kappa shape index (κ3) is 7.07. The molecular formula is C20H26F3NO5. The summed E-state index contributed by atoms with van der Waals surface area (Å²) in [5.41, 5.74) is -2.09. The van der Waals surface area contributed by atoms with Crippen LogP contribution in [0.4, 0.5) is 18.0 Å². The van der Waals surface area contributed by atoms with Crippen LogP contribution in [-0.2, 0) is 20.2 Å². The molecule has 0 aromatic heterocycles. The summed E-state index contributed by atoms with van der Waals surface area (Å²) in [7, 11) is 0. The maximum Gasteiger partial charge on any atom is 0.408 e. The lowest BCUT2D eigenvalue weighted by Crippen LogP contribution is -2.45. The minimum atomic E-state index is -3.66. The van der Waals surface area contributed by atoms with Gasteiger partial charge in [0.2, 0.25) is 0 Å². The van der Waals surface area contributed by atoms with Crippen molar-refractivity contribution in [1.82, 2.24) is 5.32 Å². The molecule has 1 amide bonds. The second kappa shape index (κ2) is 9.28. The molecule has 1 aromatic carbocycles. The zero-order valence-electron chi connectivity index (χ0n) is 17.3. The summed E-state index contributed by atoms with van der Waals surface area (Å²) in [4.78, 5) is 35.4. The van der Waals surface area contributed by atoms with Crippen LogP contribution < -0.4 is 5.32 Å². The Labute approximate surface area is 167 Å². The first-order valence-electron chi connectivity index (χ1n) is 9.03. The van der Waals surface area contributed by atoms with Crippen molar-refractivity contribution in [2.24, 2.45) is 0 Å². The van der Waals surface area contributed by atoms with Gasteiger partial charge in [0.25, 0.3) is 5.92 Å². The second-order valence-corrected chi connectivity index (χ2v) is 7.59. The largest absolute Gasteiger partial charge is 0.462 e. The van der Waals surface area contributed by atoms with E-state index in [0.717, 1.165) is 13.0 Å². The highest BCUT2D eigenvalue weighted by Crippen LogP contribution is 2.36. The Kier molecular flexibility index (Phi) is 7.83. The number of aryl methyl sites for hydroxylation is 1. The normalized spacial score (nSPS) is 12.9. The van der Waals surface area contributed by atoms with Crippen LogP contribution in [0.2, 0.25) is 0 Å². The number of ether oxygens (including phenoxy) is 2. The fourth-order valence-electron chi connectivity index (χ4n) is 2.55. The number of esters is 1. The maximum atomic E-state index is 14.8. The SMILES string of the molecule is CCOC(=O)c1cc(C)c(C(F)(F)CC(NC(=O)OC(C)(C)C)C(C)=O)cc1F. The van der Waals surface area contributed by atoms with Crippen molar-refractivity contribution in [3.8, 4) is 0 Å². The van der Waals surface area contributed by atoms with Crippen LogP contribution in [0.25, 0.3) is 0 Å². The number of carbonyl (C=O) groups is 3. The maximum absolute atomic E-state index is 14.8. The van der Waals surface area contributed by atoms with Crippen LogP contribution in [0.3, 0.4) is 0 Å². The van der Waals surface area contributed by atoms with E-state index in [1.807, 2.05) is 0 Å². The lowest BCUT2D eigenvalue weighted by Gasteiger charge is -2.26.